The summed E-state index contributed by atoms with van der Waals surface area (Å²) < 4.78 is 0. The van der Waals surface area contributed by atoms with Crippen molar-refractivity contribution in [2.45, 2.75) is 0 Å². The number of phenolic OH excluding ortho intramolecular Hbond substituents is 1. The number of aliphatic imine (C=N–C) groups is 1. The monoisotopic (exact) mass is 443 g/mol. The first-order valence-electron chi connectivity index (χ1n) is 11.1. The van der Waals surface area contributed by atoms with Crippen LogP contribution in [0.25, 0.3) is 10.8 Å². The summed E-state index contributed by atoms with van der Waals surface area (Å²) in [6.07, 6.45) is 1.78. The van der Waals surface area contributed by atoms with Gasteiger partial charge in [0, 0.05) is 18.8 Å². The van der Waals surface area contributed by atoms with Gasteiger partial charge in [0.05, 0.1) is 0 Å². The Morgan fingerprint density at radius 3 is 1.58 bits per heavy atom. The van der Waals surface area contributed by atoms with Crippen LogP contribution in [0.4, 0.5) is 0 Å². The fourth-order valence-electron chi connectivity index (χ4n) is 4.94. The van der Waals surface area contributed by atoms with Gasteiger partial charge in [0.15, 0.2) is 8.07 Å². The molecule has 0 aliphatic rings. The number of rotatable bonds is 5. The molecule has 33 heavy (non-hydrogen) atoms. The molecule has 5 rings (SSSR count). The molecule has 0 bridgehead atoms. The molecule has 0 amide bonds. The summed E-state index contributed by atoms with van der Waals surface area (Å²) in [6, 6.07) is 42.3. The van der Waals surface area contributed by atoms with E-state index in [2.05, 4.69) is 89.9 Å². The van der Waals surface area contributed by atoms with Gasteiger partial charge in [-0.3, -0.25) is 4.99 Å². The van der Waals surface area contributed by atoms with E-state index in [0.29, 0.717) is 5.75 Å². The third-order valence-corrected chi connectivity index (χ3v) is 11.1. The van der Waals surface area contributed by atoms with Crippen molar-refractivity contribution in [2.24, 2.45) is 4.99 Å². The maximum atomic E-state index is 11.9. The van der Waals surface area contributed by atoms with Gasteiger partial charge in [-0.05, 0) is 31.5 Å². The van der Waals surface area contributed by atoms with Gasteiger partial charge in [0.25, 0.3) is 0 Å². The van der Waals surface area contributed by atoms with Crippen LogP contribution in [0.3, 0.4) is 0 Å². The van der Waals surface area contributed by atoms with Crippen molar-refractivity contribution in [2.75, 3.05) is 7.05 Å². The lowest BCUT2D eigenvalue weighted by molar-refractivity contribution is 0.479. The van der Waals surface area contributed by atoms with E-state index in [4.69, 9.17) is 0 Å². The van der Waals surface area contributed by atoms with Crippen LogP contribution in [0.5, 0.6) is 5.75 Å². The summed E-state index contributed by atoms with van der Waals surface area (Å²) >= 11 is 0. The third-order valence-electron chi connectivity index (χ3n) is 6.34. The molecule has 0 saturated carbocycles. The molecule has 0 aliphatic heterocycles. The molecule has 0 fully saturated rings. The van der Waals surface area contributed by atoms with Crippen LogP contribution in [-0.4, -0.2) is 26.4 Å². The van der Waals surface area contributed by atoms with E-state index in [1.165, 1.54) is 15.6 Å². The zero-order valence-electron chi connectivity index (χ0n) is 18.5. The molecule has 5 aromatic rings. The topological polar surface area (TPSA) is 32.6 Å². The number of hydrogen-bond acceptors (Lipinski definition) is 2. The second-order valence-corrected chi connectivity index (χ2v) is 11.9. The third kappa shape index (κ3) is 3.47. The van der Waals surface area contributed by atoms with Crippen LogP contribution in [-0.2, 0) is 0 Å². The van der Waals surface area contributed by atoms with E-state index in [9.17, 15) is 5.11 Å². The van der Waals surface area contributed by atoms with Crippen molar-refractivity contribution in [1.82, 2.24) is 0 Å². The molecular formula is C30H25NOSi. The second kappa shape index (κ2) is 8.89. The van der Waals surface area contributed by atoms with E-state index in [1.54, 1.807) is 13.3 Å². The van der Waals surface area contributed by atoms with Gasteiger partial charge in [0.2, 0.25) is 0 Å². The minimum Gasteiger partial charge on any atom is -0.507 e. The summed E-state index contributed by atoms with van der Waals surface area (Å²) in [4.78, 5) is 4.29. The zero-order chi connectivity index (χ0) is 22.7. The van der Waals surface area contributed by atoms with Crippen LogP contribution in [0.1, 0.15) is 5.56 Å². The summed E-state index contributed by atoms with van der Waals surface area (Å²) in [7, 11) is -1.09. The molecule has 2 nitrogen and oxygen atoms in total. The van der Waals surface area contributed by atoms with Crippen molar-refractivity contribution >= 4 is 45.8 Å². The summed E-state index contributed by atoms with van der Waals surface area (Å²) in [5, 5.41) is 18.6. The van der Waals surface area contributed by atoms with Crippen molar-refractivity contribution < 1.29 is 5.11 Å². The number of fused-ring (bicyclic) bond motifs is 1. The molecule has 0 saturated heterocycles. The average Bonchev–Trinajstić information content (AvgIpc) is 2.89. The summed E-state index contributed by atoms with van der Waals surface area (Å²) in [5.74, 6) is 0.308. The second-order valence-electron chi connectivity index (χ2n) is 8.14. The lowest BCUT2D eigenvalue weighted by Gasteiger charge is -2.35. The molecule has 0 aliphatic carbocycles. The minimum atomic E-state index is -2.83. The fourth-order valence-corrected chi connectivity index (χ4v) is 9.81. The normalized spacial score (nSPS) is 11.8. The van der Waals surface area contributed by atoms with Gasteiger partial charge in [-0.2, -0.15) is 0 Å². The Kier molecular flexibility index (Phi) is 5.63. The Balaban J connectivity index is 2.01. The first kappa shape index (κ1) is 20.9. The Morgan fingerprint density at radius 1 is 0.636 bits per heavy atom. The van der Waals surface area contributed by atoms with E-state index in [1.807, 2.05) is 36.4 Å². The molecule has 0 spiro atoms. The smallest absolute Gasteiger partial charge is 0.184 e. The summed E-state index contributed by atoms with van der Waals surface area (Å²) in [5.41, 5.74) is 0.769. The predicted octanol–water partition coefficient (Wildman–Crippen LogP) is 3.97. The predicted molar refractivity (Wildman–Crippen MR) is 143 cm³/mol. The molecule has 5 aromatic carbocycles. The van der Waals surface area contributed by atoms with Crippen molar-refractivity contribution in [3.05, 3.63) is 127 Å². The first-order chi connectivity index (χ1) is 16.3. The molecule has 1 N–H and O–H groups in total. The molecule has 0 radical (unpaired) electrons. The Morgan fingerprint density at radius 2 is 1.09 bits per heavy atom. The van der Waals surface area contributed by atoms with Gasteiger partial charge < -0.3 is 5.11 Å². The minimum absolute atomic E-state index is 0.308. The Hall–Kier alpha value is -3.95. The number of aromatic hydroxyl groups is 1. The van der Waals surface area contributed by atoms with E-state index in [-0.39, 0.29) is 0 Å². The highest BCUT2D eigenvalue weighted by Crippen LogP contribution is 2.27. The largest absolute Gasteiger partial charge is 0.507 e. The number of benzene rings is 5. The highest BCUT2D eigenvalue weighted by Gasteiger charge is 2.43. The maximum absolute atomic E-state index is 11.9. The summed E-state index contributed by atoms with van der Waals surface area (Å²) in [6.45, 7) is 0. The number of nitrogens with zero attached hydrogens (tertiary/aromatic N) is 1. The standard InChI is InChI=1S/C30H25NOSi/c1-31-22-28-27-20-12-11-13-23(27)21-29(30(28)32)33(24-14-5-2-6-15-24,25-16-7-3-8-17-25)26-18-9-4-10-19-26/h2-22,32H,1H3. The molecular weight excluding hydrogens is 418 g/mol. The average molecular weight is 444 g/mol. The zero-order valence-corrected chi connectivity index (χ0v) is 19.5. The Bertz CT molecular complexity index is 1320. The van der Waals surface area contributed by atoms with E-state index < -0.39 is 8.07 Å². The van der Waals surface area contributed by atoms with Gasteiger partial charge >= 0.3 is 0 Å². The van der Waals surface area contributed by atoms with Crippen LogP contribution in [0.2, 0.25) is 0 Å². The maximum Gasteiger partial charge on any atom is 0.184 e. The van der Waals surface area contributed by atoms with Gasteiger partial charge in [0.1, 0.15) is 5.75 Å². The van der Waals surface area contributed by atoms with Crippen LogP contribution < -0.4 is 20.7 Å². The number of phenols is 1. The fraction of sp³-hybridized carbons (Fsp3) is 0.0333. The van der Waals surface area contributed by atoms with Crippen LogP contribution in [0.15, 0.2) is 126 Å². The van der Waals surface area contributed by atoms with Crippen molar-refractivity contribution in [3.63, 3.8) is 0 Å². The molecule has 0 atom stereocenters. The van der Waals surface area contributed by atoms with Gasteiger partial charge in [-0.25, -0.2) is 0 Å². The van der Waals surface area contributed by atoms with Gasteiger partial charge in [-0.15, -0.1) is 0 Å². The lowest BCUT2D eigenvalue weighted by Crippen LogP contribution is -2.74. The number of hydrogen-bond donors (Lipinski definition) is 1. The van der Waals surface area contributed by atoms with Crippen molar-refractivity contribution in [1.29, 1.82) is 0 Å². The SMILES string of the molecule is CN=Cc1c(O)c([Si](c2ccccc2)(c2ccccc2)c2ccccc2)cc2ccccc12. The molecule has 160 valence electrons. The quantitative estimate of drug-likeness (QED) is 0.249. The van der Waals surface area contributed by atoms with Crippen LogP contribution in [0, 0.1) is 0 Å². The van der Waals surface area contributed by atoms with E-state index in [0.717, 1.165) is 21.5 Å². The Labute approximate surface area is 195 Å². The molecule has 0 unspecified atom stereocenters. The molecule has 3 heteroatoms. The molecule has 0 heterocycles. The van der Waals surface area contributed by atoms with E-state index >= 15 is 0 Å². The lowest BCUT2D eigenvalue weighted by atomic mass is 10.0. The highest BCUT2D eigenvalue weighted by atomic mass is 28.3. The van der Waals surface area contributed by atoms with Crippen molar-refractivity contribution in [3.8, 4) is 5.75 Å². The highest BCUT2D eigenvalue weighted by molar-refractivity contribution is 7.20. The van der Waals surface area contributed by atoms with Gasteiger partial charge in [-0.1, -0.05) is 121 Å². The molecule has 0 aromatic heterocycles. The van der Waals surface area contributed by atoms with Crippen LogP contribution >= 0.6 is 0 Å². The first-order valence-corrected chi connectivity index (χ1v) is 13.1.